The van der Waals surface area contributed by atoms with E-state index in [-0.39, 0.29) is 5.54 Å². The van der Waals surface area contributed by atoms with Crippen LogP contribution in [0.25, 0.3) is 0 Å². The van der Waals surface area contributed by atoms with E-state index in [0.29, 0.717) is 0 Å². The summed E-state index contributed by atoms with van der Waals surface area (Å²) >= 11 is 0. The summed E-state index contributed by atoms with van der Waals surface area (Å²) in [6.45, 7) is 5.51. The van der Waals surface area contributed by atoms with Crippen molar-refractivity contribution in [3.63, 3.8) is 0 Å². The van der Waals surface area contributed by atoms with Crippen molar-refractivity contribution in [3.05, 3.63) is 0 Å². The number of hydrogen-bond acceptors (Lipinski definition) is 3. The molecule has 0 unspecified atom stereocenters. The van der Waals surface area contributed by atoms with Crippen molar-refractivity contribution in [1.82, 2.24) is 10.1 Å². The van der Waals surface area contributed by atoms with Gasteiger partial charge in [0.1, 0.15) is 0 Å². The average molecular weight is 172 g/mol. The molecule has 0 N–H and O–H groups in total. The third-order valence-electron chi connectivity index (χ3n) is 2.34. The van der Waals surface area contributed by atoms with Gasteiger partial charge in [-0.1, -0.05) is 6.42 Å². The lowest BCUT2D eigenvalue weighted by atomic mass is 9.93. The Hall–Kier alpha value is -0.120. The first kappa shape index (κ1) is 9.96. The molecule has 0 aromatic carbocycles. The van der Waals surface area contributed by atoms with E-state index >= 15 is 0 Å². The van der Waals surface area contributed by atoms with Gasteiger partial charge in [0.15, 0.2) is 0 Å². The normalized spacial score (nSPS) is 24.8. The molecule has 1 fully saturated rings. The Morgan fingerprint density at radius 3 is 2.42 bits per heavy atom. The third-order valence-corrected chi connectivity index (χ3v) is 2.34. The van der Waals surface area contributed by atoms with Gasteiger partial charge in [-0.25, -0.2) is 4.94 Å². The first-order chi connectivity index (χ1) is 5.52. The Morgan fingerprint density at radius 1 is 1.25 bits per heavy atom. The van der Waals surface area contributed by atoms with Crippen molar-refractivity contribution in [2.45, 2.75) is 38.6 Å². The molecule has 0 aromatic heterocycles. The van der Waals surface area contributed by atoms with E-state index < -0.39 is 0 Å². The van der Waals surface area contributed by atoms with Crippen LogP contribution >= 0.6 is 0 Å². The SMILES string of the molecule is CN(C)ON1CCCCC1(C)C. The minimum atomic E-state index is 0.197. The van der Waals surface area contributed by atoms with Crippen LogP contribution in [0.1, 0.15) is 33.1 Å². The quantitative estimate of drug-likeness (QED) is 0.589. The molecule has 3 nitrogen and oxygen atoms in total. The molecule has 1 heterocycles. The van der Waals surface area contributed by atoms with Crippen LogP contribution in [0.2, 0.25) is 0 Å². The standard InChI is InChI=1S/C9H20N2O/c1-9(2)7-5-6-8-11(9)12-10(3)4/h5-8H2,1-4H3. The molecular weight excluding hydrogens is 152 g/mol. The molecule has 0 aromatic rings. The molecule has 1 saturated heterocycles. The maximum Gasteiger partial charge on any atom is 0.0425 e. The summed E-state index contributed by atoms with van der Waals surface area (Å²) in [7, 11) is 3.84. The molecular formula is C9H20N2O. The fourth-order valence-corrected chi connectivity index (χ4v) is 1.59. The van der Waals surface area contributed by atoms with E-state index in [0.717, 1.165) is 6.54 Å². The largest absolute Gasteiger partial charge is 0.208 e. The predicted molar refractivity (Wildman–Crippen MR) is 49.4 cm³/mol. The van der Waals surface area contributed by atoms with Crippen molar-refractivity contribution >= 4 is 0 Å². The van der Waals surface area contributed by atoms with Crippen LogP contribution in [0.4, 0.5) is 0 Å². The maximum absolute atomic E-state index is 5.57. The molecule has 0 amide bonds. The van der Waals surface area contributed by atoms with Gasteiger partial charge in [0.2, 0.25) is 0 Å². The Labute approximate surface area is 75.2 Å². The molecule has 1 aliphatic heterocycles. The first-order valence-corrected chi connectivity index (χ1v) is 4.65. The van der Waals surface area contributed by atoms with Crippen molar-refractivity contribution < 1.29 is 4.94 Å². The highest BCUT2D eigenvalue weighted by Gasteiger charge is 2.31. The lowest BCUT2D eigenvalue weighted by Crippen LogP contribution is -2.49. The monoisotopic (exact) mass is 172 g/mol. The minimum Gasteiger partial charge on any atom is -0.208 e. The highest BCUT2D eigenvalue weighted by molar-refractivity contribution is 4.80. The number of hydroxylamine groups is 4. The van der Waals surface area contributed by atoms with Gasteiger partial charge in [-0.3, -0.25) is 0 Å². The van der Waals surface area contributed by atoms with E-state index in [1.807, 2.05) is 14.1 Å². The van der Waals surface area contributed by atoms with Crippen molar-refractivity contribution in [3.8, 4) is 0 Å². The van der Waals surface area contributed by atoms with Crippen molar-refractivity contribution in [2.24, 2.45) is 0 Å². The van der Waals surface area contributed by atoms with Crippen LogP contribution in [0.3, 0.4) is 0 Å². The smallest absolute Gasteiger partial charge is 0.0425 e. The van der Waals surface area contributed by atoms with Crippen molar-refractivity contribution in [1.29, 1.82) is 0 Å². The molecule has 1 rings (SSSR count). The fourth-order valence-electron chi connectivity index (χ4n) is 1.59. The Kier molecular flexibility index (Phi) is 3.09. The number of hydrogen-bond donors (Lipinski definition) is 0. The Morgan fingerprint density at radius 2 is 1.92 bits per heavy atom. The van der Waals surface area contributed by atoms with Crippen LogP contribution in [-0.2, 0) is 4.94 Å². The van der Waals surface area contributed by atoms with Gasteiger partial charge in [0.25, 0.3) is 0 Å². The highest BCUT2D eigenvalue weighted by atomic mass is 16.8. The molecule has 0 saturated carbocycles. The van der Waals surface area contributed by atoms with Crippen LogP contribution in [0, 0.1) is 0 Å². The van der Waals surface area contributed by atoms with Gasteiger partial charge in [0, 0.05) is 26.2 Å². The topological polar surface area (TPSA) is 15.7 Å². The molecule has 0 atom stereocenters. The van der Waals surface area contributed by atoms with Gasteiger partial charge in [-0.15, -0.1) is 0 Å². The van der Waals surface area contributed by atoms with Gasteiger partial charge in [0.05, 0.1) is 0 Å². The molecule has 0 aliphatic carbocycles. The molecule has 12 heavy (non-hydrogen) atoms. The second-order valence-corrected chi connectivity index (χ2v) is 4.27. The first-order valence-electron chi connectivity index (χ1n) is 4.65. The number of rotatable bonds is 2. The summed E-state index contributed by atoms with van der Waals surface area (Å²) in [5.41, 5.74) is 0.197. The Balaban J connectivity index is 2.48. The van der Waals surface area contributed by atoms with Crippen LogP contribution in [0.5, 0.6) is 0 Å². The van der Waals surface area contributed by atoms with E-state index in [2.05, 4.69) is 18.9 Å². The van der Waals surface area contributed by atoms with Gasteiger partial charge < -0.3 is 0 Å². The number of nitrogens with zero attached hydrogens (tertiary/aromatic N) is 2. The second kappa shape index (κ2) is 3.73. The molecule has 72 valence electrons. The number of piperidine rings is 1. The van der Waals surface area contributed by atoms with Gasteiger partial charge in [-0.2, -0.15) is 10.1 Å². The fraction of sp³-hybridized carbons (Fsp3) is 1.00. The van der Waals surface area contributed by atoms with E-state index in [1.165, 1.54) is 19.3 Å². The average Bonchev–Trinajstić information content (AvgIpc) is 1.92. The maximum atomic E-state index is 5.57. The molecule has 0 bridgehead atoms. The highest BCUT2D eigenvalue weighted by Crippen LogP contribution is 2.27. The molecule has 3 heteroatoms. The van der Waals surface area contributed by atoms with Crippen LogP contribution in [0.15, 0.2) is 0 Å². The lowest BCUT2D eigenvalue weighted by Gasteiger charge is -2.41. The van der Waals surface area contributed by atoms with Crippen LogP contribution < -0.4 is 0 Å². The summed E-state index contributed by atoms with van der Waals surface area (Å²) in [5.74, 6) is 0. The third kappa shape index (κ3) is 2.44. The van der Waals surface area contributed by atoms with Crippen molar-refractivity contribution in [2.75, 3.05) is 20.6 Å². The second-order valence-electron chi connectivity index (χ2n) is 4.27. The molecule has 1 aliphatic rings. The van der Waals surface area contributed by atoms with Crippen LogP contribution in [-0.4, -0.2) is 36.3 Å². The van der Waals surface area contributed by atoms with Gasteiger partial charge in [-0.05, 0) is 26.7 Å². The van der Waals surface area contributed by atoms with E-state index in [1.54, 1.807) is 5.06 Å². The zero-order chi connectivity index (χ0) is 9.19. The molecule has 0 radical (unpaired) electrons. The molecule has 0 spiro atoms. The summed E-state index contributed by atoms with van der Waals surface area (Å²) in [4.78, 5) is 5.57. The van der Waals surface area contributed by atoms with E-state index in [9.17, 15) is 0 Å². The lowest BCUT2D eigenvalue weighted by molar-refractivity contribution is -0.344. The van der Waals surface area contributed by atoms with E-state index in [4.69, 9.17) is 4.94 Å². The summed E-state index contributed by atoms with van der Waals surface area (Å²) in [6.07, 6.45) is 3.79. The summed E-state index contributed by atoms with van der Waals surface area (Å²) < 4.78 is 0. The minimum absolute atomic E-state index is 0.197. The Bertz CT molecular complexity index is 145. The van der Waals surface area contributed by atoms with Gasteiger partial charge >= 0.3 is 0 Å². The zero-order valence-electron chi connectivity index (χ0n) is 8.63. The summed E-state index contributed by atoms with van der Waals surface area (Å²) in [6, 6.07) is 0. The zero-order valence-corrected chi connectivity index (χ0v) is 8.63. The predicted octanol–water partition coefficient (Wildman–Crippen LogP) is 1.66. The summed E-state index contributed by atoms with van der Waals surface area (Å²) in [5, 5.41) is 3.84.